The summed E-state index contributed by atoms with van der Waals surface area (Å²) < 4.78 is 10.4. The minimum absolute atomic E-state index is 0.379. The van der Waals surface area contributed by atoms with E-state index in [1.807, 2.05) is 0 Å². The Labute approximate surface area is 97.9 Å². The fourth-order valence-corrected chi connectivity index (χ4v) is 1.79. The number of anilines is 1. The number of hydrogen-bond acceptors (Lipinski definition) is 4. The quantitative estimate of drug-likeness (QED) is 0.873. The molecular formula is C11H11ClN2O2. The number of rotatable bonds is 2. The summed E-state index contributed by atoms with van der Waals surface area (Å²) in [6.45, 7) is 0. The predicted molar refractivity (Wildman–Crippen MR) is 64.3 cm³/mol. The number of nitrogens with two attached hydrogens (primary N) is 1. The van der Waals surface area contributed by atoms with Crippen LogP contribution in [0.4, 0.5) is 5.82 Å². The number of nitrogens with zero attached hydrogens (tertiary/aromatic N) is 1. The first-order valence-corrected chi connectivity index (χ1v) is 5.01. The van der Waals surface area contributed by atoms with Crippen molar-refractivity contribution in [2.45, 2.75) is 0 Å². The highest BCUT2D eigenvalue weighted by molar-refractivity contribution is 6.35. The summed E-state index contributed by atoms with van der Waals surface area (Å²) in [6, 6.07) is 5.13. The van der Waals surface area contributed by atoms with Crippen LogP contribution in [0, 0.1) is 0 Å². The van der Waals surface area contributed by atoms with E-state index in [1.165, 1.54) is 0 Å². The van der Waals surface area contributed by atoms with Crippen molar-refractivity contribution in [1.82, 2.24) is 4.98 Å². The smallest absolute Gasteiger partial charge is 0.162 e. The second-order valence-corrected chi connectivity index (χ2v) is 3.66. The number of hydrogen-bond donors (Lipinski definition) is 1. The third-order valence-electron chi connectivity index (χ3n) is 2.28. The molecule has 0 atom stereocenters. The zero-order valence-corrected chi connectivity index (χ0v) is 9.71. The van der Waals surface area contributed by atoms with Crippen molar-refractivity contribution < 1.29 is 9.47 Å². The molecule has 2 aromatic rings. The van der Waals surface area contributed by atoms with Gasteiger partial charge in [0, 0.05) is 11.5 Å². The monoisotopic (exact) mass is 238 g/mol. The van der Waals surface area contributed by atoms with Gasteiger partial charge < -0.3 is 15.2 Å². The molecule has 0 saturated heterocycles. The SMILES string of the molecule is COc1cc2nc(N)cc(Cl)c2cc1OC. The molecule has 4 nitrogen and oxygen atoms in total. The molecule has 16 heavy (non-hydrogen) atoms. The summed E-state index contributed by atoms with van der Waals surface area (Å²) in [5, 5.41) is 1.33. The van der Waals surface area contributed by atoms with Crippen molar-refractivity contribution >= 4 is 28.3 Å². The number of halogens is 1. The highest BCUT2D eigenvalue weighted by Gasteiger charge is 2.09. The van der Waals surface area contributed by atoms with E-state index in [-0.39, 0.29) is 0 Å². The van der Waals surface area contributed by atoms with Gasteiger partial charge in [0.05, 0.1) is 24.8 Å². The number of nitrogen functional groups attached to an aromatic ring is 1. The van der Waals surface area contributed by atoms with Crippen LogP contribution in [0.25, 0.3) is 10.9 Å². The van der Waals surface area contributed by atoms with Crippen LogP contribution in [0.1, 0.15) is 0 Å². The molecule has 2 N–H and O–H groups in total. The minimum Gasteiger partial charge on any atom is -0.493 e. The van der Waals surface area contributed by atoms with E-state index in [9.17, 15) is 0 Å². The zero-order valence-electron chi connectivity index (χ0n) is 8.95. The van der Waals surface area contributed by atoms with Crippen LogP contribution in [-0.2, 0) is 0 Å². The third kappa shape index (κ3) is 1.72. The lowest BCUT2D eigenvalue weighted by atomic mass is 10.2. The number of benzene rings is 1. The highest BCUT2D eigenvalue weighted by atomic mass is 35.5. The molecule has 0 radical (unpaired) electrons. The average molecular weight is 239 g/mol. The number of ether oxygens (including phenoxy) is 2. The van der Waals surface area contributed by atoms with Crippen molar-refractivity contribution in [3.8, 4) is 11.5 Å². The fourth-order valence-electron chi connectivity index (χ4n) is 1.53. The summed E-state index contributed by atoms with van der Waals surface area (Å²) in [5.41, 5.74) is 6.30. The van der Waals surface area contributed by atoms with Crippen LogP contribution in [0.3, 0.4) is 0 Å². The molecular weight excluding hydrogens is 228 g/mol. The van der Waals surface area contributed by atoms with E-state index >= 15 is 0 Å². The normalized spacial score (nSPS) is 10.4. The second-order valence-electron chi connectivity index (χ2n) is 3.25. The first-order valence-electron chi connectivity index (χ1n) is 4.63. The molecule has 0 amide bonds. The van der Waals surface area contributed by atoms with E-state index in [0.717, 1.165) is 5.39 Å². The van der Waals surface area contributed by atoms with Crippen molar-refractivity contribution in [2.24, 2.45) is 0 Å². The molecule has 5 heteroatoms. The van der Waals surface area contributed by atoms with Gasteiger partial charge in [-0.25, -0.2) is 4.98 Å². The van der Waals surface area contributed by atoms with Crippen molar-refractivity contribution in [3.05, 3.63) is 23.2 Å². The molecule has 2 rings (SSSR count). The van der Waals surface area contributed by atoms with Gasteiger partial charge in [0.1, 0.15) is 5.82 Å². The maximum Gasteiger partial charge on any atom is 0.162 e. The number of aromatic nitrogens is 1. The minimum atomic E-state index is 0.379. The Morgan fingerprint density at radius 1 is 1.12 bits per heavy atom. The molecule has 1 aromatic heterocycles. The van der Waals surface area contributed by atoms with E-state index in [0.29, 0.717) is 27.9 Å². The Hall–Kier alpha value is -1.68. The van der Waals surface area contributed by atoms with Crippen LogP contribution in [-0.4, -0.2) is 19.2 Å². The van der Waals surface area contributed by atoms with Gasteiger partial charge in [-0.15, -0.1) is 0 Å². The molecule has 0 unspecified atom stereocenters. The van der Waals surface area contributed by atoms with Crippen molar-refractivity contribution in [2.75, 3.05) is 20.0 Å². The summed E-state index contributed by atoms with van der Waals surface area (Å²) >= 11 is 6.07. The summed E-state index contributed by atoms with van der Waals surface area (Å²) in [4.78, 5) is 4.18. The molecule has 0 aliphatic rings. The van der Waals surface area contributed by atoms with Crippen molar-refractivity contribution in [1.29, 1.82) is 0 Å². The maximum atomic E-state index is 6.07. The Kier molecular flexibility index (Phi) is 2.75. The van der Waals surface area contributed by atoms with Crippen LogP contribution in [0.15, 0.2) is 18.2 Å². The third-order valence-corrected chi connectivity index (χ3v) is 2.60. The Balaban J connectivity index is 2.78. The standard InChI is InChI=1S/C11H11ClN2O2/c1-15-9-3-6-7(12)4-11(13)14-8(6)5-10(9)16-2/h3-5H,1-2H3,(H2,13,14). The van der Waals surface area contributed by atoms with Gasteiger partial charge in [-0.3, -0.25) is 0 Å². The van der Waals surface area contributed by atoms with E-state index < -0.39 is 0 Å². The summed E-state index contributed by atoms with van der Waals surface area (Å²) in [6.07, 6.45) is 0. The predicted octanol–water partition coefficient (Wildman–Crippen LogP) is 2.49. The lowest BCUT2D eigenvalue weighted by Crippen LogP contribution is -1.94. The molecule has 0 saturated carbocycles. The molecule has 0 aliphatic carbocycles. The van der Waals surface area contributed by atoms with E-state index in [4.69, 9.17) is 26.8 Å². The largest absolute Gasteiger partial charge is 0.493 e. The van der Waals surface area contributed by atoms with E-state index in [2.05, 4.69) is 4.98 Å². The van der Waals surface area contributed by atoms with Gasteiger partial charge >= 0.3 is 0 Å². The van der Waals surface area contributed by atoms with Crippen LogP contribution in [0.5, 0.6) is 11.5 Å². The average Bonchev–Trinajstić information content (AvgIpc) is 2.27. The van der Waals surface area contributed by atoms with Gasteiger partial charge in [-0.2, -0.15) is 0 Å². The lowest BCUT2D eigenvalue weighted by molar-refractivity contribution is 0.356. The van der Waals surface area contributed by atoms with Gasteiger partial charge in [0.25, 0.3) is 0 Å². The summed E-state index contributed by atoms with van der Waals surface area (Å²) in [7, 11) is 3.14. The molecule has 1 heterocycles. The Bertz CT molecular complexity index is 543. The topological polar surface area (TPSA) is 57.4 Å². The Morgan fingerprint density at radius 3 is 2.38 bits per heavy atom. The maximum absolute atomic E-state index is 6.07. The first-order chi connectivity index (χ1) is 7.65. The number of fused-ring (bicyclic) bond motifs is 1. The Morgan fingerprint density at radius 2 is 1.75 bits per heavy atom. The van der Waals surface area contributed by atoms with Crippen LogP contribution >= 0.6 is 11.6 Å². The van der Waals surface area contributed by atoms with Gasteiger partial charge in [-0.05, 0) is 12.1 Å². The summed E-state index contributed by atoms with van der Waals surface area (Å²) in [5.74, 6) is 1.59. The van der Waals surface area contributed by atoms with E-state index in [1.54, 1.807) is 32.4 Å². The van der Waals surface area contributed by atoms with Gasteiger partial charge in [0.15, 0.2) is 11.5 Å². The van der Waals surface area contributed by atoms with Crippen LogP contribution in [0.2, 0.25) is 5.02 Å². The first kappa shape index (κ1) is 10.8. The highest BCUT2D eigenvalue weighted by Crippen LogP contribution is 2.34. The molecule has 0 bridgehead atoms. The van der Waals surface area contributed by atoms with Crippen LogP contribution < -0.4 is 15.2 Å². The van der Waals surface area contributed by atoms with Gasteiger partial charge in [-0.1, -0.05) is 11.6 Å². The molecule has 84 valence electrons. The second kappa shape index (κ2) is 4.06. The molecule has 0 fully saturated rings. The number of methoxy groups -OCH3 is 2. The van der Waals surface area contributed by atoms with Gasteiger partial charge in [0.2, 0.25) is 0 Å². The van der Waals surface area contributed by atoms with Crippen molar-refractivity contribution in [3.63, 3.8) is 0 Å². The zero-order chi connectivity index (χ0) is 11.7. The molecule has 0 spiro atoms. The lowest BCUT2D eigenvalue weighted by Gasteiger charge is -2.09. The molecule has 1 aromatic carbocycles. The fraction of sp³-hybridized carbons (Fsp3) is 0.182. The number of pyridine rings is 1. The molecule has 0 aliphatic heterocycles.